The Labute approximate surface area is 122 Å². The second-order valence-corrected chi connectivity index (χ2v) is 5.32. The summed E-state index contributed by atoms with van der Waals surface area (Å²) in [5, 5.41) is 3.35. The van der Waals surface area contributed by atoms with Crippen molar-refractivity contribution in [2.75, 3.05) is 20.1 Å². The predicted octanol–water partition coefficient (Wildman–Crippen LogP) is 2.69. The van der Waals surface area contributed by atoms with Gasteiger partial charge in [0.1, 0.15) is 5.75 Å². The van der Waals surface area contributed by atoms with Crippen LogP contribution < -0.4 is 10.1 Å². The SMILES string of the molecule is CNC1CCN(Cc2cccc(OC(C)C)c2)C1.Cl. The van der Waals surface area contributed by atoms with Crippen molar-refractivity contribution >= 4 is 12.4 Å². The molecule has 1 unspecified atom stereocenters. The van der Waals surface area contributed by atoms with Crippen molar-refractivity contribution < 1.29 is 4.74 Å². The molecule has 108 valence electrons. The summed E-state index contributed by atoms with van der Waals surface area (Å²) in [6.45, 7) is 7.47. The summed E-state index contributed by atoms with van der Waals surface area (Å²) in [4.78, 5) is 2.50. The molecule has 3 nitrogen and oxygen atoms in total. The third kappa shape index (κ3) is 5.01. The number of likely N-dealkylation sites (N-methyl/N-ethyl adjacent to an activating group) is 1. The zero-order valence-corrected chi connectivity index (χ0v) is 12.9. The van der Waals surface area contributed by atoms with Gasteiger partial charge < -0.3 is 10.1 Å². The number of hydrogen-bond acceptors (Lipinski definition) is 3. The molecule has 4 heteroatoms. The second kappa shape index (κ2) is 7.73. The maximum atomic E-state index is 5.73. The number of hydrogen-bond donors (Lipinski definition) is 1. The quantitative estimate of drug-likeness (QED) is 0.900. The first-order chi connectivity index (χ1) is 8.67. The summed E-state index contributed by atoms with van der Waals surface area (Å²) < 4.78 is 5.73. The Morgan fingerprint density at radius 1 is 1.42 bits per heavy atom. The van der Waals surface area contributed by atoms with Crippen LogP contribution in [-0.2, 0) is 6.54 Å². The minimum absolute atomic E-state index is 0. The van der Waals surface area contributed by atoms with E-state index in [4.69, 9.17) is 4.74 Å². The Kier molecular flexibility index (Phi) is 6.63. The van der Waals surface area contributed by atoms with Gasteiger partial charge in [-0.3, -0.25) is 4.90 Å². The molecular formula is C15H25ClN2O. The molecular weight excluding hydrogens is 260 g/mol. The molecule has 1 aliphatic heterocycles. The number of halogens is 1. The van der Waals surface area contributed by atoms with Gasteiger partial charge in [-0.25, -0.2) is 0 Å². The van der Waals surface area contributed by atoms with E-state index in [9.17, 15) is 0 Å². The lowest BCUT2D eigenvalue weighted by atomic mass is 10.2. The maximum Gasteiger partial charge on any atom is 0.120 e. The van der Waals surface area contributed by atoms with Crippen molar-refractivity contribution in [1.82, 2.24) is 10.2 Å². The minimum Gasteiger partial charge on any atom is -0.491 e. The van der Waals surface area contributed by atoms with Crippen LogP contribution in [0.1, 0.15) is 25.8 Å². The van der Waals surface area contributed by atoms with Crippen LogP contribution in [0.5, 0.6) is 5.75 Å². The van der Waals surface area contributed by atoms with Crippen LogP contribution >= 0.6 is 12.4 Å². The summed E-state index contributed by atoms with van der Waals surface area (Å²) in [6, 6.07) is 9.11. The number of ether oxygens (including phenoxy) is 1. The highest BCUT2D eigenvalue weighted by Gasteiger charge is 2.20. The van der Waals surface area contributed by atoms with Crippen molar-refractivity contribution in [3.8, 4) is 5.75 Å². The van der Waals surface area contributed by atoms with E-state index >= 15 is 0 Å². The lowest BCUT2D eigenvalue weighted by Gasteiger charge is -2.17. The van der Waals surface area contributed by atoms with Gasteiger partial charge >= 0.3 is 0 Å². The Morgan fingerprint density at radius 3 is 2.84 bits per heavy atom. The van der Waals surface area contributed by atoms with Gasteiger partial charge in [-0.1, -0.05) is 12.1 Å². The van der Waals surface area contributed by atoms with Crippen LogP contribution in [0.4, 0.5) is 0 Å². The Hall–Kier alpha value is -0.770. The molecule has 1 aliphatic rings. The molecule has 1 atom stereocenters. The standard InChI is InChI=1S/C15H24N2O.ClH/c1-12(2)18-15-6-4-5-13(9-15)10-17-8-7-14(11-17)16-3;/h4-6,9,12,14,16H,7-8,10-11H2,1-3H3;1H. The molecule has 2 rings (SSSR count). The van der Waals surface area contributed by atoms with Crippen LogP contribution in [0.2, 0.25) is 0 Å². The monoisotopic (exact) mass is 284 g/mol. The van der Waals surface area contributed by atoms with Crippen LogP contribution in [0.3, 0.4) is 0 Å². The normalized spacial score (nSPS) is 19.5. The summed E-state index contributed by atoms with van der Waals surface area (Å²) >= 11 is 0. The van der Waals surface area contributed by atoms with Gasteiger partial charge in [-0.2, -0.15) is 0 Å². The van der Waals surface area contributed by atoms with Gasteiger partial charge in [0.2, 0.25) is 0 Å². The predicted molar refractivity (Wildman–Crippen MR) is 82.2 cm³/mol. The van der Waals surface area contributed by atoms with Crippen LogP contribution in [0, 0.1) is 0 Å². The number of nitrogens with one attached hydrogen (secondary N) is 1. The molecule has 0 aromatic heterocycles. The lowest BCUT2D eigenvalue weighted by molar-refractivity contribution is 0.241. The summed E-state index contributed by atoms with van der Waals surface area (Å²) in [5.74, 6) is 0.979. The molecule has 1 heterocycles. The number of nitrogens with zero attached hydrogens (tertiary/aromatic N) is 1. The number of benzene rings is 1. The van der Waals surface area contributed by atoms with Gasteiger partial charge in [0.25, 0.3) is 0 Å². The van der Waals surface area contributed by atoms with Gasteiger partial charge in [-0.15, -0.1) is 12.4 Å². The smallest absolute Gasteiger partial charge is 0.120 e. The Morgan fingerprint density at radius 2 is 2.21 bits per heavy atom. The Balaban J connectivity index is 0.00000180. The Bertz CT molecular complexity index is 384. The van der Waals surface area contributed by atoms with Gasteiger partial charge in [0, 0.05) is 25.7 Å². The van der Waals surface area contributed by atoms with Crippen molar-refractivity contribution in [3.63, 3.8) is 0 Å². The highest BCUT2D eigenvalue weighted by molar-refractivity contribution is 5.85. The zero-order valence-electron chi connectivity index (χ0n) is 12.1. The van der Waals surface area contributed by atoms with Gasteiger partial charge in [0.15, 0.2) is 0 Å². The van der Waals surface area contributed by atoms with Crippen LogP contribution in [0.25, 0.3) is 0 Å². The van der Waals surface area contributed by atoms with E-state index < -0.39 is 0 Å². The highest BCUT2D eigenvalue weighted by Crippen LogP contribution is 2.18. The third-order valence-corrected chi connectivity index (χ3v) is 3.36. The lowest BCUT2D eigenvalue weighted by Crippen LogP contribution is -2.29. The van der Waals surface area contributed by atoms with Gasteiger partial charge in [-0.05, 0) is 45.0 Å². The van der Waals surface area contributed by atoms with E-state index in [0.29, 0.717) is 6.04 Å². The van der Waals surface area contributed by atoms with Crippen molar-refractivity contribution in [1.29, 1.82) is 0 Å². The fraction of sp³-hybridized carbons (Fsp3) is 0.600. The molecule has 1 fully saturated rings. The fourth-order valence-corrected chi connectivity index (χ4v) is 2.46. The molecule has 1 N–H and O–H groups in total. The molecule has 0 radical (unpaired) electrons. The van der Waals surface area contributed by atoms with Gasteiger partial charge in [0.05, 0.1) is 6.10 Å². The summed E-state index contributed by atoms with van der Waals surface area (Å²) in [5.41, 5.74) is 1.34. The highest BCUT2D eigenvalue weighted by atomic mass is 35.5. The summed E-state index contributed by atoms with van der Waals surface area (Å²) in [7, 11) is 2.05. The van der Waals surface area contributed by atoms with E-state index in [-0.39, 0.29) is 18.5 Å². The molecule has 1 aromatic carbocycles. The zero-order chi connectivity index (χ0) is 13.0. The first-order valence-electron chi connectivity index (χ1n) is 6.82. The van der Waals surface area contributed by atoms with E-state index in [0.717, 1.165) is 18.8 Å². The molecule has 0 aliphatic carbocycles. The van der Waals surface area contributed by atoms with Crippen LogP contribution in [0.15, 0.2) is 24.3 Å². The van der Waals surface area contributed by atoms with Crippen molar-refractivity contribution in [2.45, 2.75) is 39.0 Å². The summed E-state index contributed by atoms with van der Waals surface area (Å²) in [6.07, 6.45) is 1.49. The van der Waals surface area contributed by atoms with E-state index in [1.54, 1.807) is 0 Å². The average Bonchev–Trinajstić information content (AvgIpc) is 2.76. The fourth-order valence-electron chi connectivity index (χ4n) is 2.46. The largest absolute Gasteiger partial charge is 0.491 e. The minimum atomic E-state index is 0. The van der Waals surface area contributed by atoms with Crippen LogP contribution in [-0.4, -0.2) is 37.2 Å². The maximum absolute atomic E-state index is 5.73. The average molecular weight is 285 g/mol. The first-order valence-corrected chi connectivity index (χ1v) is 6.82. The first kappa shape index (κ1) is 16.3. The number of likely N-dealkylation sites (tertiary alicyclic amines) is 1. The molecule has 1 saturated heterocycles. The number of rotatable bonds is 5. The third-order valence-electron chi connectivity index (χ3n) is 3.36. The molecule has 19 heavy (non-hydrogen) atoms. The topological polar surface area (TPSA) is 24.5 Å². The molecule has 0 bridgehead atoms. The van der Waals surface area contributed by atoms with E-state index in [2.05, 4.69) is 42.3 Å². The molecule has 0 saturated carbocycles. The second-order valence-electron chi connectivity index (χ2n) is 5.32. The molecule has 0 spiro atoms. The van der Waals surface area contributed by atoms with E-state index in [1.165, 1.54) is 18.5 Å². The van der Waals surface area contributed by atoms with Crippen molar-refractivity contribution in [2.24, 2.45) is 0 Å². The van der Waals surface area contributed by atoms with Crippen molar-refractivity contribution in [3.05, 3.63) is 29.8 Å². The van der Waals surface area contributed by atoms with E-state index in [1.807, 2.05) is 13.1 Å². The molecule has 0 amide bonds. The molecule has 1 aromatic rings.